The van der Waals surface area contributed by atoms with Gasteiger partial charge in [0.25, 0.3) is 0 Å². The molecule has 1 unspecified atom stereocenters. The summed E-state index contributed by atoms with van der Waals surface area (Å²) in [4.78, 5) is 4.47. The maximum Gasteiger partial charge on any atom is 0.250 e. The molecule has 2 aromatic heterocycles. The van der Waals surface area contributed by atoms with Crippen LogP contribution in [0.1, 0.15) is 18.3 Å². The van der Waals surface area contributed by atoms with Gasteiger partial charge in [-0.3, -0.25) is 0 Å². The predicted molar refractivity (Wildman–Crippen MR) is 108 cm³/mol. The van der Waals surface area contributed by atoms with Crippen molar-refractivity contribution in [2.75, 3.05) is 19.0 Å². The molecule has 7 nitrogen and oxygen atoms in total. The first kappa shape index (κ1) is 19.7. The van der Waals surface area contributed by atoms with E-state index in [1.165, 1.54) is 22.9 Å². The SMILES string of the molecule is COc1ccc(Cc2nsc(NC(C)CNS(=O)(=O)c3cccs3)n2)cc1. The number of sulfonamides is 1. The fourth-order valence-corrected chi connectivity index (χ4v) is 5.16. The summed E-state index contributed by atoms with van der Waals surface area (Å²) >= 11 is 2.46. The van der Waals surface area contributed by atoms with Crippen LogP contribution in [0, 0.1) is 0 Å². The maximum absolute atomic E-state index is 12.1. The highest BCUT2D eigenvalue weighted by molar-refractivity contribution is 7.91. The van der Waals surface area contributed by atoms with E-state index < -0.39 is 10.0 Å². The molecule has 1 aromatic carbocycles. The molecule has 0 radical (unpaired) electrons. The van der Waals surface area contributed by atoms with Gasteiger partial charge in [-0.05, 0) is 36.1 Å². The first-order chi connectivity index (χ1) is 13.0. The zero-order valence-electron chi connectivity index (χ0n) is 14.9. The van der Waals surface area contributed by atoms with Gasteiger partial charge in [0.05, 0.1) is 7.11 Å². The number of nitrogens with one attached hydrogen (secondary N) is 2. The molecule has 0 spiro atoms. The fourth-order valence-electron chi connectivity index (χ4n) is 2.29. The second-order valence-electron chi connectivity index (χ2n) is 5.87. The number of ether oxygens (including phenoxy) is 1. The molecule has 0 bridgehead atoms. The lowest BCUT2D eigenvalue weighted by Crippen LogP contribution is -2.34. The van der Waals surface area contributed by atoms with Crippen molar-refractivity contribution in [3.63, 3.8) is 0 Å². The summed E-state index contributed by atoms with van der Waals surface area (Å²) in [5.41, 5.74) is 1.09. The van der Waals surface area contributed by atoms with Gasteiger partial charge in [0, 0.05) is 30.5 Å². The molecule has 3 rings (SSSR count). The third-order valence-electron chi connectivity index (χ3n) is 3.70. The molecule has 1 atom stereocenters. The Morgan fingerprint density at radius 2 is 2.00 bits per heavy atom. The van der Waals surface area contributed by atoms with Crippen LogP contribution in [0.5, 0.6) is 5.75 Å². The van der Waals surface area contributed by atoms with Crippen LogP contribution in [0.3, 0.4) is 0 Å². The Bertz CT molecular complexity index is 954. The molecular weight excluding hydrogens is 404 g/mol. The van der Waals surface area contributed by atoms with Gasteiger partial charge in [-0.25, -0.2) is 18.1 Å². The Kier molecular flexibility index (Phi) is 6.42. The smallest absolute Gasteiger partial charge is 0.250 e. The van der Waals surface area contributed by atoms with E-state index in [4.69, 9.17) is 4.74 Å². The number of hydrogen-bond donors (Lipinski definition) is 2. The third kappa shape index (κ3) is 5.48. The number of anilines is 1. The molecule has 0 aliphatic carbocycles. The Morgan fingerprint density at radius 3 is 2.67 bits per heavy atom. The van der Waals surface area contributed by atoms with Crippen LogP contribution in [-0.4, -0.2) is 37.5 Å². The average Bonchev–Trinajstić information content (AvgIpc) is 3.33. The van der Waals surface area contributed by atoms with Gasteiger partial charge >= 0.3 is 0 Å². The molecule has 0 aliphatic heterocycles. The standard InChI is InChI=1S/C17H20N4O3S3/c1-12(11-18-27(22,23)16-4-3-9-25-16)19-17-20-15(21-26-17)10-13-5-7-14(24-2)8-6-13/h3-9,12,18H,10-11H2,1-2H3,(H,19,20,21). The Morgan fingerprint density at radius 1 is 1.22 bits per heavy atom. The highest BCUT2D eigenvalue weighted by Gasteiger charge is 2.16. The van der Waals surface area contributed by atoms with Crippen LogP contribution >= 0.6 is 22.9 Å². The molecule has 0 saturated heterocycles. The van der Waals surface area contributed by atoms with E-state index in [2.05, 4.69) is 19.4 Å². The highest BCUT2D eigenvalue weighted by Crippen LogP contribution is 2.18. The third-order valence-corrected chi connectivity index (χ3v) is 7.20. The number of nitrogens with zero attached hydrogens (tertiary/aromatic N) is 2. The van der Waals surface area contributed by atoms with Crippen molar-refractivity contribution >= 4 is 38.0 Å². The number of rotatable bonds is 9. The summed E-state index contributed by atoms with van der Waals surface area (Å²) in [6.45, 7) is 2.15. The summed E-state index contributed by atoms with van der Waals surface area (Å²) in [5, 5.41) is 5.59. The highest BCUT2D eigenvalue weighted by atomic mass is 32.2. The van der Waals surface area contributed by atoms with Gasteiger partial charge in [0.15, 0.2) is 0 Å². The van der Waals surface area contributed by atoms with Crippen LogP contribution in [0.2, 0.25) is 0 Å². The largest absolute Gasteiger partial charge is 0.497 e. The van der Waals surface area contributed by atoms with Crippen molar-refractivity contribution < 1.29 is 13.2 Å². The quantitative estimate of drug-likeness (QED) is 0.549. The van der Waals surface area contributed by atoms with E-state index in [1.807, 2.05) is 31.2 Å². The minimum Gasteiger partial charge on any atom is -0.497 e. The second-order valence-corrected chi connectivity index (χ2v) is 9.56. The summed E-state index contributed by atoms with van der Waals surface area (Å²) in [6, 6.07) is 10.9. The molecule has 144 valence electrons. The molecule has 2 N–H and O–H groups in total. The van der Waals surface area contributed by atoms with Gasteiger partial charge in [-0.15, -0.1) is 11.3 Å². The number of hydrogen-bond acceptors (Lipinski definition) is 8. The van der Waals surface area contributed by atoms with E-state index in [0.717, 1.165) is 17.1 Å². The van der Waals surface area contributed by atoms with E-state index in [1.54, 1.807) is 24.6 Å². The minimum absolute atomic E-state index is 0.124. The zero-order chi connectivity index (χ0) is 19.3. The second kappa shape index (κ2) is 8.79. The fraction of sp³-hybridized carbons (Fsp3) is 0.294. The normalized spacial score (nSPS) is 12.7. The number of benzene rings is 1. The van der Waals surface area contributed by atoms with Gasteiger partial charge in [0.2, 0.25) is 15.2 Å². The molecule has 3 aromatic rings. The van der Waals surface area contributed by atoms with Crippen molar-refractivity contribution in [3.05, 3.63) is 53.2 Å². The lowest BCUT2D eigenvalue weighted by molar-refractivity contribution is 0.414. The Labute approximate surface area is 166 Å². The van der Waals surface area contributed by atoms with E-state index >= 15 is 0 Å². The first-order valence-electron chi connectivity index (χ1n) is 8.21. The summed E-state index contributed by atoms with van der Waals surface area (Å²) in [6.07, 6.45) is 0.627. The molecular formula is C17H20N4O3S3. The van der Waals surface area contributed by atoms with Crippen LogP contribution in [-0.2, 0) is 16.4 Å². The summed E-state index contributed by atoms with van der Waals surface area (Å²) in [5.74, 6) is 1.53. The zero-order valence-corrected chi connectivity index (χ0v) is 17.3. The number of aromatic nitrogens is 2. The maximum atomic E-state index is 12.1. The minimum atomic E-state index is -3.46. The molecule has 10 heteroatoms. The number of thiophene rings is 1. The van der Waals surface area contributed by atoms with Crippen LogP contribution in [0.15, 0.2) is 46.0 Å². The molecule has 0 amide bonds. The van der Waals surface area contributed by atoms with Crippen LogP contribution in [0.4, 0.5) is 5.13 Å². The van der Waals surface area contributed by atoms with Crippen molar-refractivity contribution in [3.8, 4) is 5.75 Å². The summed E-state index contributed by atoms with van der Waals surface area (Å²) in [7, 11) is -1.82. The van der Waals surface area contributed by atoms with Crippen molar-refractivity contribution in [2.24, 2.45) is 0 Å². The molecule has 27 heavy (non-hydrogen) atoms. The van der Waals surface area contributed by atoms with Crippen LogP contribution < -0.4 is 14.8 Å². The topological polar surface area (TPSA) is 93.2 Å². The monoisotopic (exact) mass is 424 g/mol. The average molecular weight is 425 g/mol. The Balaban J connectivity index is 1.52. The van der Waals surface area contributed by atoms with Gasteiger partial charge < -0.3 is 10.1 Å². The lowest BCUT2D eigenvalue weighted by Gasteiger charge is -2.13. The van der Waals surface area contributed by atoms with Gasteiger partial charge in [-0.1, -0.05) is 18.2 Å². The number of methoxy groups -OCH3 is 1. The van der Waals surface area contributed by atoms with Crippen LogP contribution in [0.25, 0.3) is 0 Å². The van der Waals surface area contributed by atoms with Gasteiger partial charge in [-0.2, -0.15) is 4.37 Å². The predicted octanol–water partition coefficient (Wildman–Crippen LogP) is 2.98. The molecule has 0 saturated carbocycles. The van der Waals surface area contributed by atoms with Crippen molar-refractivity contribution in [1.82, 2.24) is 14.1 Å². The molecule has 2 heterocycles. The molecule has 0 fully saturated rings. The van der Waals surface area contributed by atoms with E-state index in [9.17, 15) is 8.42 Å². The molecule has 0 aliphatic rings. The first-order valence-corrected chi connectivity index (χ1v) is 11.3. The van der Waals surface area contributed by atoms with Gasteiger partial charge in [0.1, 0.15) is 15.8 Å². The van der Waals surface area contributed by atoms with Crippen molar-refractivity contribution in [1.29, 1.82) is 0 Å². The van der Waals surface area contributed by atoms with E-state index in [0.29, 0.717) is 15.8 Å². The Hall–Kier alpha value is -2.01. The summed E-state index contributed by atoms with van der Waals surface area (Å²) < 4.78 is 36.7. The van der Waals surface area contributed by atoms with E-state index in [-0.39, 0.29) is 12.6 Å². The lowest BCUT2D eigenvalue weighted by atomic mass is 10.1. The van der Waals surface area contributed by atoms with Crippen molar-refractivity contribution in [2.45, 2.75) is 23.6 Å².